The van der Waals surface area contributed by atoms with Gasteiger partial charge in [0.05, 0.1) is 12.7 Å². The average Bonchev–Trinajstić information content (AvgIpc) is 2.17. The molecule has 0 aromatic carbocycles. The number of hydrogen-bond donors (Lipinski definition) is 1. The average molecular weight is 200 g/mol. The minimum Gasteiger partial charge on any atom is -0.394 e. The number of aliphatic hydroxyl groups is 1. The molecule has 1 atom stereocenters. The predicted octanol–water partition coefficient (Wildman–Crippen LogP) is 2.46. The van der Waals surface area contributed by atoms with E-state index in [2.05, 4.69) is 27.7 Å². The monoisotopic (exact) mass is 200 g/mol. The van der Waals surface area contributed by atoms with E-state index >= 15 is 0 Å². The first-order chi connectivity index (χ1) is 6.53. The second-order valence-corrected chi connectivity index (χ2v) is 5.17. The lowest BCUT2D eigenvalue weighted by molar-refractivity contribution is -0.103. The molecule has 2 heteroatoms. The van der Waals surface area contributed by atoms with Crippen molar-refractivity contribution in [3.63, 3.8) is 0 Å². The molecule has 0 spiro atoms. The number of rotatable bonds is 3. The molecule has 0 saturated carbocycles. The lowest BCUT2D eigenvalue weighted by atomic mass is 9.63. The minimum absolute atomic E-state index is 0.0635. The first kappa shape index (κ1) is 12.0. The van der Waals surface area contributed by atoms with Gasteiger partial charge in [0.2, 0.25) is 0 Å². The lowest BCUT2D eigenvalue weighted by Crippen LogP contribution is -2.43. The Morgan fingerprint density at radius 3 is 2.29 bits per heavy atom. The van der Waals surface area contributed by atoms with Gasteiger partial charge in [0.25, 0.3) is 0 Å². The van der Waals surface area contributed by atoms with E-state index in [-0.39, 0.29) is 12.7 Å². The van der Waals surface area contributed by atoms with E-state index < -0.39 is 0 Å². The highest BCUT2D eigenvalue weighted by Crippen LogP contribution is 2.46. The van der Waals surface area contributed by atoms with E-state index in [1.54, 1.807) is 0 Å². The summed E-state index contributed by atoms with van der Waals surface area (Å²) in [5.41, 5.74) is 0.367. The lowest BCUT2D eigenvalue weighted by Gasteiger charge is -2.47. The van der Waals surface area contributed by atoms with Crippen molar-refractivity contribution in [2.24, 2.45) is 17.3 Å². The van der Waals surface area contributed by atoms with Crippen LogP contribution in [-0.4, -0.2) is 24.4 Å². The third-order valence-corrected chi connectivity index (χ3v) is 4.03. The van der Waals surface area contributed by atoms with Crippen LogP contribution in [-0.2, 0) is 4.74 Å². The second-order valence-electron chi connectivity index (χ2n) is 5.17. The van der Waals surface area contributed by atoms with Crippen LogP contribution in [0.15, 0.2) is 0 Å². The first-order valence-corrected chi connectivity index (χ1v) is 5.75. The summed E-state index contributed by atoms with van der Waals surface area (Å²) in [6, 6.07) is 0. The Hall–Kier alpha value is -0.0800. The van der Waals surface area contributed by atoms with Gasteiger partial charge in [-0.05, 0) is 30.1 Å². The van der Waals surface area contributed by atoms with E-state index in [0.29, 0.717) is 17.3 Å². The zero-order valence-electron chi connectivity index (χ0n) is 9.92. The fraction of sp³-hybridized carbons (Fsp3) is 1.00. The highest BCUT2D eigenvalue weighted by atomic mass is 16.5. The summed E-state index contributed by atoms with van der Waals surface area (Å²) >= 11 is 0. The molecule has 1 rings (SSSR count). The molecule has 0 radical (unpaired) electrons. The zero-order chi connectivity index (χ0) is 10.8. The smallest absolute Gasteiger partial charge is 0.0811 e. The Morgan fingerprint density at radius 1 is 1.29 bits per heavy atom. The van der Waals surface area contributed by atoms with Gasteiger partial charge in [-0.25, -0.2) is 0 Å². The van der Waals surface area contributed by atoms with Gasteiger partial charge in [0, 0.05) is 6.61 Å². The summed E-state index contributed by atoms with van der Waals surface area (Å²) in [4.78, 5) is 0. The summed E-state index contributed by atoms with van der Waals surface area (Å²) in [7, 11) is 0. The highest BCUT2D eigenvalue weighted by Gasteiger charge is 2.41. The molecule has 14 heavy (non-hydrogen) atoms. The Labute approximate surface area is 87.7 Å². The maximum absolute atomic E-state index is 9.16. The highest BCUT2D eigenvalue weighted by molar-refractivity contribution is 4.90. The molecule has 1 N–H and O–H groups in total. The molecule has 0 aromatic rings. The van der Waals surface area contributed by atoms with Crippen molar-refractivity contribution in [2.75, 3.05) is 13.2 Å². The zero-order valence-corrected chi connectivity index (χ0v) is 9.92. The molecular formula is C12H24O2. The number of ether oxygens (including phenoxy) is 1. The maximum Gasteiger partial charge on any atom is 0.0811 e. The second kappa shape index (κ2) is 4.63. The molecule has 1 heterocycles. The van der Waals surface area contributed by atoms with Crippen molar-refractivity contribution in [1.82, 2.24) is 0 Å². The molecule has 0 amide bonds. The van der Waals surface area contributed by atoms with Gasteiger partial charge in [-0.1, -0.05) is 27.7 Å². The van der Waals surface area contributed by atoms with E-state index in [0.717, 1.165) is 19.4 Å². The normalized spacial score (nSPS) is 27.2. The Kier molecular flexibility index (Phi) is 3.96. The number of hydrogen-bond acceptors (Lipinski definition) is 2. The molecule has 1 aliphatic heterocycles. The van der Waals surface area contributed by atoms with Crippen LogP contribution in [0, 0.1) is 17.3 Å². The molecule has 0 aliphatic carbocycles. The van der Waals surface area contributed by atoms with Crippen molar-refractivity contribution in [1.29, 1.82) is 0 Å². The van der Waals surface area contributed by atoms with Crippen LogP contribution in [0.25, 0.3) is 0 Å². The van der Waals surface area contributed by atoms with E-state index in [4.69, 9.17) is 9.84 Å². The quantitative estimate of drug-likeness (QED) is 0.758. The van der Waals surface area contributed by atoms with Crippen molar-refractivity contribution in [2.45, 2.75) is 46.6 Å². The largest absolute Gasteiger partial charge is 0.394 e. The first-order valence-electron chi connectivity index (χ1n) is 5.75. The van der Waals surface area contributed by atoms with Crippen LogP contribution in [0.5, 0.6) is 0 Å². The van der Waals surface area contributed by atoms with Crippen molar-refractivity contribution < 1.29 is 9.84 Å². The molecule has 1 aliphatic rings. The Balaban J connectivity index is 2.76. The minimum atomic E-state index is 0.0635. The fourth-order valence-electron chi connectivity index (χ4n) is 2.83. The van der Waals surface area contributed by atoms with Gasteiger partial charge in [-0.15, -0.1) is 0 Å². The van der Waals surface area contributed by atoms with Crippen molar-refractivity contribution in [3.05, 3.63) is 0 Å². The predicted molar refractivity (Wildman–Crippen MR) is 58.2 cm³/mol. The van der Waals surface area contributed by atoms with Gasteiger partial charge in [-0.2, -0.15) is 0 Å². The fourth-order valence-corrected chi connectivity index (χ4v) is 2.83. The van der Waals surface area contributed by atoms with Crippen molar-refractivity contribution >= 4 is 0 Å². The molecule has 0 bridgehead atoms. The van der Waals surface area contributed by atoms with Gasteiger partial charge in [0.1, 0.15) is 0 Å². The third-order valence-electron chi connectivity index (χ3n) is 4.03. The van der Waals surface area contributed by atoms with Crippen LogP contribution in [0.4, 0.5) is 0 Å². The van der Waals surface area contributed by atoms with Crippen LogP contribution in [0.3, 0.4) is 0 Å². The summed E-state index contributed by atoms with van der Waals surface area (Å²) in [5, 5.41) is 9.16. The third kappa shape index (κ3) is 2.12. The van der Waals surface area contributed by atoms with Crippen LogP contribution in [0.2, 0.25) is 0 Å². The van der Waals surface area contributed by atoms with Gasteiger partial charge in [-0.3, -0.25) is 0 Å². The molecular weight excluding hydrogens is 176 g/mol. The topological polar surface area (TPSA) is 29.5 Å². The molecule has 2 nitrogen and oxygen atoms in total. The van der Waals surface area contributed by atoms with E-state index in [1.807, 2.05) is 0 Å². The summed E-state index contributed by atoms with van der Waals surface area (Å²) < 4.78 is 5.53. The van der Waals surface area contributed by atoms with Gasteiger partial charge >= 0.3 is 0 Å². The molecule has 0 aromatic heterocycles. The van der Waals surface area contributed by atoms with Crippen LogP contribution < -0.4 is 0 Å². The standard InChI is InChI=1S/C12H24O2/c1-9(2)12(10(3)4)5-6-14-11(7-12)8-13/h9-11,13H,5-8H2,1-4H3. The van der Waals surface area contributed by atoms with E-state index in [1.165, 1.54) is 0 Å². The molecule has 1 fully saturated rings. The van der Waals surface area contributed by atoms with Gasteiger partial charge < -0.3 is 9.84 Å². The van der Waals surface area contributed by atoms with Crippen LogP contribution >= 0.6 is 0 Å². The maximum atomic E-state index is 9.16. The van der Waals surface area contributed by atoms with Crippen LogP contribution in [0.1, 0.15) is 40.5 Å². The summed E-state index contributed by atoms with van der Waals surface area (Å²) in [5.74, 6) is 1.33. The summed E-state index contributed by atoms with van der Waals surface area (Å²) in [6.45, 7) is 10.1. The summed E-state index contributed by atoms with van der Waals surface area (Å²) in [6.07, 6.45) is 2.21. The molecule has 1 unspecified atom stereocenters. The molecule has 1 saturated heterocycles. The number of aliphatic hydroxyl groups excluding tert-OH is 1. The van der Waals surface area contributed by atoms with E-state index in [9.17, 15) is 0 Å². The molecule has 84 valence electrons. The Morgan fingerprint density at radius 2 is 1.86 bits per heavy atom. The van der Waals surface area contributed by atoms with Gasteiger partial charge in [0.15, 0.2) is 0 Å². The SMILES string of the molecule is CC(C)C1(C(C)C)CCOC(CO)C1. The Bertz CT molecular complexity index is 167. The van der Waals surface area contributed by atoms with Crippen molar-refractivity contribution in [3.8, 4) is 0 Å².